The first-order valence-corrected chi connectivity index (χ1v) is 10.9. The second kappa shape index (κ2) is 9.41. The summed E-state index contributed by atoms with van der Waals surface area (Å²) < 4.78 is 6.58. The summed E-state index contributed by atoms with van der Waals surface area (Å²) in [6.45, 7) is 2.53. The highest BCUT2D eigenvalue weighted by atomic mass is 32.1. The zero-order valence-electron chi connectivity index (χ0n) is 17.1. The van der Waals surface area contributed by atoms with E-state index in [4.69, 9.17) is 15.0 Å². The van der Waals surface area contributed by atoms with E-state index in [9.17, 15) is 4.79 Å². The lowest BCUT2D eigenvalue weighted by Crippen LogP contribution is -2.26. The van der Waals surface area contributed by atoms with Crippen molar-refractivity contribution in [3.63, 3.8) is 0 Å². The molecular formula is C25H21N3O2S. The first kappa shape index (κ1) is 20.6. The highest BCUT2D eigenvalue weighted by Crippen LogP contribution is 2.34. The van der Waals surface area contributed by atoms with Gasteiger partial charge >= 0.3 is 0 Å². The number of anilines is 2. The van der Waals surface area contributed by atoms with Crippen molar-refractivity contribution >= 4 is 38.3 Å². The Morgan fingerprint density at radius 3 is 2.48 bits per heavy atom. The number of benzene rings is 3. The van der Waals surface area contributed by atoms with Crippen LogP contribution in [0.1, 0.15) is 24.5 Å². The maximum absolute atomic E-state index is 13.3. The number of aryl methyl sites for hydroxylation is 1. The van der Waals surface area contributed by atoms with E-state index in [-0.39, 0.29) is 5.91 Å². The summed E-state index contributed by atoms with van der Waals surface area (Å²) in [5.74, 6) is 0.730. The van der Waals surface area contributed by atoms with Crippen molar-refractivity contribution in [2.75, 3.05) is 11.5 Å². The zero-order valence-corrected chi connectivity index (χ0v) is 17.9. The van der Waals surface area contributed by atoms with Gasteiger partial charge in [0, 0.05) is 6.42 Å². The molecule has 0 unspecified atom stereocenters. The molecule has 0 bridgehead atoms. The smallest absolute Gasteiger partial charge is 0.233 e. The molecule has 0 atom stereocenters. The van der Waals surface area contributed by atoms with Crippen molar-refractivity contribution in [3.8, 4) is 11.8 Å². The van der Waals surface area contributed by atoms with Gasteiger partial charge in [0.25, 0.3) is 0 Å². The fourth-order valence-electron chi connectivity index (χ4n) is 3.28. The van der Waals surface area contributed by atoms with Gasteiger partial charge in [0.1, 0.15) is 5.75 Å². The largest absolute Gasteiger partial charge is 0.494 e. The van der Waals surface area contributed by atoms with E-state index in [1.54, 1.807) is 17.0 Å². The number of rotatable bonds is 7. The number of hydrogen-bond acceptors (Lipinski definition) is 5. The Hall–Kier alpha value is -3.69. The van der Waals surface area contributed by atoms with Crippen LogP contribution in [0.2, 0.25) is 0 Å². The third kappa shape index (κ3) is 4.73. The van der Waals surface area contributed by atoms with E-state index in [0.29, 0.717) is 30.1 Å². The van der Waals surface area contributed by atoms with Gasteiger partial charge in [-0.25, -0.2) is 4.98 Å². The number of carbonyl (C=O) groups excluding carboxylic acids is 1. The van der Waals surface area contributed by atoms with Crippen LogP contribution >= 0.6 is 11.3 Å². The Labute approximate surface area is 185 Å². The highest BCUT2D eigenvalue weighted by molar-refractivity contribution is 7.22. The number of ether oxygens (including phenoxy) is 1. The Morgan fingerprint density at radius 1 is 1.06 bits per heavy atom. The van der Waals surface area contributed by atoms with Crippen molar-refractivity contribution in [1.82, 2.24) is 4.98 Å². The fourth-order valence-corrected chi connectivity index (χ4v) is 4.29. The van der Waals surface area contributed by atoms with Crippen molar-refractivity contribution in [3.05, 3.63) is 83.9 Å². The number of thiazole rings is 1. The van der Waals surface area contributed by atoms with Gasteiger partial charge < -0.3 is 4.74 Å². The molecule has 3 aromatic carbocycles. The first-order chi connectivity index (χ1) is 15.2. The molecule has 0 N–H and O–H groups in total. The zero-order chi connectivity index (χ0) is 21.6. The Kier molecular flexibility index (Phi) is 6.25. The second-order valence-corrected chi connectivity index (χ2v) is 7.94. The number of fused-ring (bicyclic) bond motifs is 1. The third-order valence-electron chi connectivity index (χ3n) is 4.84. The lowest BCUT2D eigenvalue weighted by Gasteiger charge is -2.20. The topological polar surface area (TPSA) is 66.2 Å². The molecule has 0 saturated heterocycles. The van der Waals surface area contributed by atoms with E-state index in [0.717, 1.165) is 27.2 Å². The number of carbonyl (C=O) groups is 1. The maximum Gasteiger partial charge on any atom is 0.233 e. The number of nitriles is 1. The Bertz CT molecular complexity index is 1190. The first-order valence-electron chi connectivity index (χ1n) is 10.1. The van der Waals surface area contributed by atoms with E-state index < -0.39 is 0 Å². The van der Waals surface area contributed by atoms with Crippen LogP contribution < -0.4 is 9.64 Å². The monoisotopic (exact) mass is 427 g/mol. The van der Waals surface area contributed by atoms with Crippen LogP contribution in [0.25, 0.3) is 10.2 Å². The van der Waals surface area contributed by atoms with Crippen molar-refractivity contribution in [2.45, 2.75) is 19.8 Å². The number of amides is 1. The molecule has 0 aliphatic heterocycles. The number of hydrogen-bond donors (Lipinski definition) is 0. The van der Waals surface area contributed by atoms with Gasteiger partial charge in [-0.2, -0.15) is 5.26 Å². The fraction of sp³-hybridized carbons (Fsp3) is 0.160. The number of aromatic nitrogens is 1. The SMILES string of the molecule is CCOc1ccc(N(C(=O)CCc2ccc(C#N)cc2)c2nc3ccccc3s2)cc1. The van der Waals surface area contributed by atoms with E-state index >= 15 is 0 Å². The molecule has 4 rings (SSSR count). The average Bonchev–Trinajstić information content (AvgIpc) is 3.23. The molecule has 0 aliphatic carbocycles. The van der Waals surface area contributed by atoms with Crippen LogP contribution in [0.5, 0.6) is 5.75 Å². The van der Waals surface area contributed by atoms with Gasteiger partial charge in [-0.1, -0.05) is 35.6 Å². The quantitative estimate of drug-likeness (QED) is 0.370. The van der Waals surface area contributed by atoms with Crippen LogP contribution in [-0.2, 0) is 11.2 Å². The molecule has 0 spiro atoms. The van der Waals surface area contributed by atoms with Gasteiger partial charge in [-0.3, -0.25) is 9.69 Å². The third-order valence-corrected chi connectivity index (χ3v) is 5.86. The van der Waals surface area contributed by atoms with Gasteiger partial charge in [0.05, 0.1) is 34.1 Å². The molecule has 5 nitrogen and oxygen atoms in total. The Morgan fingerprint density at radius 2 is 1.81 bits per heavy atom. The molecule has 6 heteroatoms. The molecule has 31 heavy (non-hydrogen) atoms. The summed E-state index contributed by atoms with van der Waals surface area (Å²) in [6.07, 6.45) is 0.915. The average molecular weight is 428 g/mol. The molecular weight excluding hydrogens is 406 g/mol. The molecule has 0 radical (unpaired) electrons. The Balaban J connectivity index is 1.62. The van der Waals surface area contributed by atoms with Crippen molar-refractivity contribution < 1.29 is 9.53 Å². The summed E-state index contributed by atoms with van der Waals surface area (Å²) in [5, 5.41) is 9.61. The molecule has 154 valence electrons. The minimum Gasteiger partial charge on any atom is -0.494 e. The highest BCUT2D eigenvalue weighted by Gasteiger charge is 2.21. The van der Waals surface area contributed by atoms with Crippen LogP contribution in [-0.4, -0.2) is 17.5 Å². The summed E-state index contributed by atoms with van der Waals surface area (Å²) >= 11 is 1.50. The van der Waals surface area contributed by atoms with Gasteiger partial charge in [0.15, 0.2) is 5.13 Å². The summed E-state index contributed by atoms with van der Waals surface area (Å²) in [6, 6.07) is 24.8. The number of para-hydroxylation sites is 1. The predicted molar refractivity (Wildman–Crippen MR) is 124 cm³/mol. The summed E-state index contributed by atoms with van der Waals surface area (Å²) in [5.41, 5.74) is 3.26. The lowest BCUT2D eigenvalue weighted by molar-refractivity contribution is -0.117. The van der Waals surface area contributed by atoms with E-state index in [2.05, 4.69) is 6.07 Å². The molecule has 0 aliphatic rings. The molecule has 0 saturated carbocycles. The normalized spacial score (nSPS) is 10.6. The van der Waals surface area contributed by atoms with E-state index in [1.807, 2.05) is 67.6 Å². The molecule has 1 heterocycles. The molecule has 0 fully saturated rings. The number of nitrogens with zero attached hydrogens (tertiary/aromatic N) is 3. The van der Waals surface area contributed by atoms with Crippen LogP contribution in [0.15, 0.2) is 72.8 Å². The molecule has 1 amide bonds. The minimum absolute atomic E-state index is 0.0347. The second-order valence-electron chi connectivity index (χ2n) is 6.93. The van der Waals surface area contributed by atoms with Crippen molar-refractivity contribution in [2.24, 2.45) is 0 Å². The maximum atomic E-state index is 13.3. The standard InChI is InChI=1S/C25H21N3O2S/c1-2-30-21-14-12-20(13-15-21)28(25-27-22-5-3-4-6-23(22)31-25)24(29)16-11-18-7-9-19(17-26)10-8-18/h3-10,12-15H,2,11,16H2,1H3. The summed E-state index contributed by atoms with van der Waals surface area (Å²) in [4.78, 5) is 19.7. The molecule has 1 aromatic heterocycles. The van der Waals surface area contributed by atoms with Crippen LogP contribution in [0, 0.1) is 11.3 Å². The lowest BCUT2D eigenvalue weighted by atomic mass is 10.1. The predicted octanol–water partition coefficient (Wildman–Crippen LogP) is 5.86. The molecule has 4 aromatic rings. The summed E-state index contributed by atoms with van der Waals surface area (Å²) in [7, 11) is 0. The van der Waals surface area contributed by atoms with Gasteiger partial charge in [0.2, 0.25) is 5.91 Å². The van der Waals surface area contributed by atoms with Crippen LogP contribution in [0.4, 0.5) is 10.8 Å². The minimum atomic E-state index is -0.0347. The van der Waals surface area contributed by atoms with Crippen LogP contribution in [0.3, 0.4) is 0 Å². The van der Waals surface area contributed by atoms with Crippen molar-refractivity contribution in [1.29, 1.82) is 5.26 Å². The van der Waals surface area contributed by atoms with Gasteiger partial charge in [-0.05, 0) is 67.4 Å². The van der Waals surface area contributed by atoms with Gasteiger partial charge in [-0.15, -0.1) is 0 Å². The van der Waals surface area contributed by atoms with E-state index in [1.165, 1.54) is 11.3 Å².